The summed E-state index contributed by atoms with van der Waals surface area (Å²) in [6.07, 6.45) is 3.34. The molecule has 1 aromatic carbocycles. The number of rotatable bonds is 6. The maximum absolute atomic E-state index is 12.5. The van der Waals surface area contributed by atoms with Crippen molar-refractivity contribution >= 4 is 17.5 Å². The number of aliphatic hydroxyl groups is 1. The van der Waals surface area contributed by atoms with Gasteiger partial charge in [0.1, 0.15) is 12.7 Å². The van der Waals surface area contributed by atoms with E-state index in [0.717, 1.165) is 11.1 Å². The number of morpholine rings is 1. The molecular weight excluding hydrogens is 382 g/mol. The maximum atomic E-state index is 12.5. The molecule has 1 aliphatic heterocycles. The number of carbonyl (C=O) groups is 2. The fourth-order valence-corrected chi connectivity index (χ4v) is 3.55. The lowest BCUT2D eigenvalue weighted by Gasteiger charge is -2.40. The van der Waals surface area contributed by atoms with Crippen LogP contribution in [0.15, 0.2) is 48.8 Å². The van der Waals surface area contributed by atoms with Gasteiger partial charge in [0.15, 0.2) is 0 Å². The zero-order chi connectivity index (χ0) is 21.7. The van der Waals surface area contributed by atoms with Crippen LogP contribution in [-0.2, 0) is 20.9 Å². The molecule has 2 heterocycles. The number of anilines is 1. The molecule has 0 bridgehead atoms. The van der Waals surface area contributed by atoms with Crippen LogP contribution in [0.4, 0.5) is 5.69 Å². The Morgan fingerprint density at radius 1 is 1.20 bits per heavy atom. The first-order chi connectivity index (χ1) is 14.3. The standard InChI is InChI=1S/C23H29N3O4/c1-23(2,3)12-20(28)25-18-6-4-17(5-7-18)22-19(14-27)26(21(29)15-30-22)13-16-8-10-24-11-9-16/h4-11,19,22,27H,12-15H2,1-3H3,(H,25,28)/t19-,22-/m1/s1. The number of carbonyl (C=O) groups excluding carboxylic acids is 2. The van der Waals surface area contributed by atoms with Crippen molar-refractivity contribution in [2.24, 2.45) is 5.41 Å². The molecule has 0 unspecified atom stereocenters. The first-order valence-corrected chi connectivity index (χ1v) is 10.1. The smallest absolute Gasteiger partial charge is 0.249 e. The van der Waals surface area contributed by atoms with Crippen molar-refractivity contribution < 1.29 is 19.4 Å². The van der Waals surface area contributed by atoms with E-state index >= 15 is 0 Å². The van der Waals surface area contributed by atoms with Gasteiger partial charge in [0.2, 0.25) is 11.8 Å². The van der Waals surface area contributed by atoms with Crippen LogP contribution in [0.2, 0.25) is 0 Å². The van der Waals surface area contributed by atoms with Gasteiger partial charge in [-0.3, -0.25) is 14.6 Å². The van der Waals surface area contributed by atoms with Gasteiger partial charge in [-0.05, 0) is 40.8 Å². The molecule has 2 atom stereocenters. The molecule has 0 saturated carbocycles. The Bertz CT molecular complexity index is 862. The molecule has 30 heavy (non-hydrogen) atoms. The van der Waals surface area contributed by atoms with E-state index in [1.807, 2.05) is 57.2 Å². The normalized spacial score (nSPS) is 19.6. The molecule has 1 fully saturated rings. The van der Waals surface area contributed by atoms with Gasteiger partial charge in [-0.2, -0.15) is 0 Å². The zero-order valence-corrected chi connectivity index (χ0v) is 17.7. The lowest BCUT2D eigenvalue weighted by atomic mass is 9.92. The number of nitrogens with zero attached hydrogens (tertiary/aromatic N) is 2. The van der Waals surface area contributed by atoms with Crippen molar-refractivity contribution in [3.63, 3.8) is 0 Å². The van der Waals surface area contributed by atoms with Crippen LogP contribution in [0, 0.1) is 5.41 Å². The minimum absolute atomic E-state index is 0.0356. The van der Waals surface area contributed by atoms with Crippen LogP contribution in [-0.4, -0.2) is 46.1 Å². The lowest BCUT2D eigenvalue weighted by molar-refractivity contribution is -0.162. The SMILES string of the molecule is CC(C)(C)CC(=O)Nc1ccc([C@H]2OCC(=O)N(Cc3ccncc3)[C@@H]2CO)cc1. The van der Waals surface area contributed by atoms with Gasteiger partial charge in [0, 0.05) is 31.0 Å². The summed E-state index contributed by atoms with van der Waals surface area (Å²) in [5.41, 5.74) is 2.40. The van der Waals surface area contributed by atoms with Gasteiger partial charge in [-0.25, -0.2) is 0 Å². The predicted octanol–water partition coefficient (Wildman–Crippen LogP) is 2.92. The number of hydrogen-bond donors (Lipinski definition) is 2. The van der Waals surface area contributed by atoms with Crippen LogP contribution < -0.4 is 5.32 Å². The Morgan fingerprint density at radius 3 is 2.47 bits per heavy atom. The number of aromatic nitrogens is 1. The van der Waals surface area contributed by atoms with E-state index in [1.54, 1.807) is 17.3 Å². The minimum Gasteiger partial charge on any atom is -0.394 e. The summed E-state index contributed by atoms with van der Waals surface area (Å²) in [6.45, 7) is 6.17. The Labute approximate surface area is 177 Å². The van der Waals surface area contributed by atoms with Crippen LogP contribution in [0.1, 0.15) is 44.4 Å². The highest BCUT2D eigenvalue weighted by atomic mass is 16.5. The minimum atomic E-state index is -0.499. The third-order valence-corrected chi connectivity index (χ3v) is 4.96. The van der Waals surface area contributed by atoms with Crippen LogP contribution in [0.5, 0.6) is 0 Å². The molecule has 3 rings (SSSR count). The third kappa shape index (κ3) is 5.64. The highest BCUT2D eigenvalue weighted by molar-refractivity contribution is 5.91. The summed E-state index contributed by atoms with van der Waals surface area (Å²) in [7, 11) is 0. The van der Waals surface area contributed by atoms with Gasteiger partial charge in [0.25, 0.3) is 0 Å². The number of aliphatic hydroxyl groups excluding tert-OH is 1. The van der Waals surface area contributed by atoms with Crippen LogP contribution in [0.25, 0.3) is 0 Å². The molecule has 2 amide bonds. The fraction of sp³-hybridized carbons (Fsp3) is 0.435. The second kappa shape index (κ2) is 9.36. The van der Waals surface area contributed by atoms with Crippen molar-refractivity contribution in [2.75, 3.05) is 18.5 Å². The Hall–Kier alpha value is -2.77. The topological polar surface area (TPSA) is 91.8 Å². The molecule has 0 spiro atoms. The molecule has 0 aliphatic carbocycles. The number of hydrogen-bond acceptors (Lipinski definition) is 5. The van der Waals surface area contributed by atoms with Crippen molar-refractivity contribution in [1.82, 2.24) is 9.88 Å². The van der Waals surface area contributed by atoms with Crippen molar-refractivity contribution in [1.29, 1.82) is 0 Å². The average molecular weight is 412 g/mol. The van der Waals surface area contributed by atoms with E-state index in [2.05, 4.69) is 10.3 Å². The molecule has 2 aromatic rings. The second-order valence-corrected chi connectivity index (χ2v) is 8.77. The molecule has 7 nitrogen and oxygen atoms in total. The predicted molar refractivity (Wildman–Crippen MR) is 113 cm³/mol. The number of nitrogens with one attached hydrogen (secondary N) is 1. The Morgan fingerprint density at radius 2 is 1.87 bits per heavy atom. The van der Waals surface area contributed by atoms with E-state index < -0.39 is 12.1 Å². The highest BCUT2D eigenvalue weighted by Crippen LogP contribution is 2.31. The number of pyridine rings is 1. The molecule has 160 valence electrons. The summed E-state index contributed by atoms with van der Waals surface area (Å²) < 4.78 is 5.78. The Balaban J connectivity index is 1.72. The largest absolute Gasteiger partial charge is 0.394 e. The first-order valence-electron chi connectivity index (χ1n) is 10.1. The molecule has 7 heteroatoms. The summed E-state index contributed by atoms with van der Waals surface area (Å²) in [6, 6.07) is 10.6. The van der Waals surface area contributed by atoms with E-state index in [0.29, 0.717) is 18.7 Å². The molecule has 0 radical (unpaired) electrons. The van der Waals surface area contributed by atoms with Gasteiger partial charge in [-0.1, -0.05) is 32.9 Å². The molecule has 1 aliphatic rings. The number of benzene rings is 1. The van der Waals surface area contributed by atoms with E-state index in [4.69, 9.17) is 4.74 Å². The van der Waals surface area contributed by atoms with Crippen LogP contribution in [0.3, 0.4) is 0 Å². The van der Waals surface area contributed by atoms with Gasteiger partial charge >= 0.3 is 0 Å². The third-order valence-electron chi connectivity index (χ3n) is 4.96. The monoisotopic (exact) mass is 411 g/mol. The lowest BCUT2D eigenvalue weighted by Crippen LogP contribution is -2.52. The molecule has 2 N–H and O–H groups in total. The zero-order valence-electron chi connectivity index (χ0n) is 17.7. The summed E-state index contributed by atoms with van der Waals surface area (Å²) in [5, 5.41) is 12.9. The fourth-order valence-electron chi connectivity index (χ4n) is 3.55. The van der Waals surface area contributed by atoms with Gasteiger partial charge < -0.3 is 20.1 Å². The molecule has 1 aromatic heterocycles. The van der Waals surface area contributed by atoms with E-state index in [9.17, 15) is 14.7 Å². The summed E-state index contributed by atoms with van der Waals surface area (Å²) in [5.74, 6) is -0.195. The van der Waals surface area contributed by atoms with Crippen molar-refractivity contribution in [3.05, 3.63) is 59.9 Å². The van der Waals surface area contributed by atoms with Crippen molar-refractivity contribution in [3.8, 4) is 0 Å². The maximum Gasteiger partial charge on any atom is 0.249 e. The molecular formula is C23H29N3O4. The quantitative estimate of drug-likeness (QED) is 0.763. The van der Waals surface area contributed by atoms with Crippen molar-refractivity contribution in [2.45, 2.75) is 45.9 Å². The second-order valence-electron chi connectivity index (χ2n) is 8.77. The van der Waals surface area contributed by atoms with E-state index in [1.165, 1.54) is 0 Å². The average Bonchev–Trinajstić information content (AvgIpc) is 2.69. The van der Waals surface area contributed by atoms with Gasteiger partial charge in [-0.15, -0.1) is 0 Å². The van der Waals surface area contributed by atoms with Crippen LogP contribution >= 0.6 is 0 Å². The first kappa shape index (κ1) is 21.9. The summed E-state index contributed by atoms with van der Waals surface area (Å²) >= 11 is 0. The Kier molecular flexibility index (Phi) is 6.84. The number of amides is 2. The van der Waals surface area contributed by atoms with E-state index in [-0.39, 0.29) is 30.4 Å². The molecule has 1 saturated heterocycles. The highest BCUT2D eigenvalue weighted by Gasteiger charge is 2.37. The summed E-state index contributed by atoms with van der Waals surface area (Å²) in [4.78, 5) is 30.3. The number of ether oxygens (including phenoxy) is 1. The van der Waals surface area contributed by atoms with Gasteiger partial charge in [0.05, 0.1) is 12.6 Å².